The van der Waals surface area contributed by atoms with E-state index in [1.807, 2.05) is 24.3 Å². The fourth-order valence-corrected chi connectivity index (χ4v) is 1.95. The molecule has 5 heteroatoms. The summed E-state index contributed by atoms with van der Waals surface area (Å²) in [5.74, 6) is -0.205. The second kappa shape index (κ2) is 4.88. The van der Waals surface area contributed by atoms with Gasteiger partial charge in [-0.2, -0.15) is 5.26 Å². The second-order valence-electron chi connectivity index (χ2n) is 4.30. The zero-order valence-corrected chi connectivity index (χ0v) is 10.1. The molecule has 1 aliphatic heterocycles. The molecule has 1 aromatic rings. The van der Waals surface area contributed by atoms with Crippen molar-refractivity contribution in [2.24, 2.45) is 0 Å². The summed E-state index contributed by atoms with van der Waals surface area (Å²) in [4.78, 5) is 24.2. The first-order valence-electron chi connectivity index (χ1n) is 5.62. The predicted octanol–water partition coefficient (Wildman–Crippen LogP) is 1.05. The molecule has 0 bridgehead atoms. The number of fused-ring (bicyclic) bond motifs is 1. The van der Waals surface area contributed by atoms with Crippen LogP contribution in [-0.2, 0) is 22.6 Å². The summed E-state index contributed by atoms with van der Waals surface area (Å²) in [6, 6.07) is 7.48. The Hall–Kier alpha value is -2.35. The summed E-state index contributed by atoms with van der Waals surface area (Å²) >= 11 is 0. The Bertz CT molecular complexity index is 546. The molecule has 1 N–H and O–H groups in total. The summed E-state index contributed by atoms with van der Waals surface area (Å²) < 4.78 is 0. The highest BCUT2D eigenvalue weighted by atomic mass is 16.2. The monoisotopic (exact) mass is 243 g/mol. The molecule has 1 aromatic carbocycles. The van der Waals surface area contributed by atoms with Gasteiger partial charge < -0.3 is 10.2 Å². The average molecular weight is 243 g/mol. The highest BCUT2D eigenvalue weighted by molar-refractivity contribution is 5.99. The molecule has 0 fully saturated rings. The van der Waals surface area contributed by atoms with Gasteiger partial charge in [-0.05, 0) is 17.2 Å². The van der Waals surface area contributed by atoms with E-state index in [9.17, 15) is 9.59 Å². The van der Waals surface area contributed by atoms with Gasteiger partial charge in [-0.25, -0.2) is 0 Å². The standard InChI is InChI=1S/C13H13N3O2/c1-16(13(18)4-5-14)8-9-2-3-11-10(6-9)7-12(17)15-11/h2-3,6H,4,7-8H2,1H3,(H,15,17). The first-order valence-corrected chi connectivity index (χ1v) is 5.62. The van der Waals surface area contributed by atoms with E-state index in [2.05, 4.69) is 5.32 Å². The number of anilines is 1. The first-order chi connectivity index (χ1) is 8.60. The van der Waals surface area contributed by atoms with Gasteiger partial charge in [0.1, 0.15) is 6.42 Å². The molecule has 0 aliphatic carbocycles. The smallest absolute Gasteiger partial charge is 0.236 e. The van der Waals surface area contributed by atoms with Gasteiger partial charge >= 0.3 is 0 Å². The van der Waals surface area contributed by atoms with E-state index in [-0.39, 0.29) is 18.2 Å². The maximum Gasteiger partial charge on any atom is 0.236 e. The minimum Gasteiger partial charge on any atom is -0.341 e. The van der Waals surface area contributed by atoms with Crippen LogP contribution in [0.4, 0.5) is 5.69 Å². The summed E-state index contributed by atoms with van der Waals surface area (Å²) in [7, 11) is 1.66. The van der Waals surface area contributed by atoms with Gasteiger partial charge in [0.2, 0.25) is 11.8 Å². The molecule has 0 saturated carbocycles. The minimum atomic E-state index is -0.202. The van der Waals surface area contributed by atoms with Crippen LogP contribution in [0.25, 0.3) is 0 Å². The van der Waals surface area contributed by atoms with Crippen LogP contribution in [0.3, 0.4) is 0 Å². The average Bonchev–Trinajstić information content (AvgIpc) is 2.68. The molecule has 0 aromatic heterocycles. The molecule has 5 nitrogen and oxygen atoms in total. The van der Waals surface area contributed by atoms with Gasteiger partial charge in [0, 0.05) is 19.3 Å². The zero-order valence-electron chi connectivity index (χ0n) is 10.1. The van der Waals surface area contributed by atoms with Crippen molar-refractivity contribution in [2.75, 3.05) is 12.4 Å². The van der Waals surface area contributed by atoms with E-state index < -0.39 is 0 Å². The molecule has 1 aliphatic rings. The molecule has 0 unspecified atom stereocenters. The van der Waals surface area contributed by atoms with Crippen LogP contribution in [0.15, 0.2) is 18.2 Å². The van der Waals surface area contributed by atoms with Gasteiger partial charge in [-0.1, -0.05) is 12.1 Å². The number of nitriles is 1. The van der Waals surface area contributed by atoms with Gasteiger partial charge in [-0.15, -0.1) is 0 Å². The van der Waals surface area contributed by atoms with Crippen molar-refractivity contribution in [3.63, 3.8) is 0 Å². The maximum absolute atomic E-state index is 11.5. The van der Waals surface area contributed by atoms with Crippen LogP contribution < -0.4 is 5.32 Å². The Morgan fingerprint density at radius 1 is 1.56 bits per heavy atom. The van der Waals surface area contributed by atoms with Gasteiger partial charge in [-0.3, -0.25) is 9.59 Å². The lowest BCUT2D eigenvalue weighted by Gasteiger charge is -2.16. The summed E-state index contributed by atoms with van der Waals surface area (Å²) in [5.41, 5.74) is 2.76. The largest absolute Gasteiger partial charge is 0.341 e. The lowest BCUT2D eigenvalue weighted by molar-refractivity contribution is -0.129. The van der Waals surface area contributed by atoms with Crippen molar-refractivity contribution in [2.45, 2.75) is 19.4 Å². The van der Waals surface area contributed by atoms with Crippen molar-refractivity contribution in [3.8, 4) is 6.07 Å². The van der Waals surface area contributed by atoms with E-state index in [1.54, 1.807) is 7.05 Å². The quantitative estimate of drug-likeness (QED) is 0.862. The number of nitrogens with one attached hydrogen (secondary N) is 1. The second-order valence-corrected chi connectivity index (χ2v) is 4.30. The Morgan fingerprint density at radius 3 is 3.06 bits per heavy atom. The van der Waals surface area contributed by atoms with Crippen molar-refractivity contribution < 1.29 is 9.59 Å². The van der Waals surface area contributed by atoms with E-state index in [1.165, 1.54) is 4.90 Å². The number of benzene rings is 1. The third-order valence-electron chi connectivity index (χ3n) is 2.87. The van der Waals surface area contributed by atoms with Gasteiger partial charge in [0.05, 0.1) is 12.5 Å². The molecular weight excluding hydrogens is 230 g/mol. The first kappa shape index (κ1) is 12.1. The molecule has 2 rings (SSSR count). The number of hydrogen-bond donors (Lipinski definition) is 1. The Balaban J connectivity index is 2.08. The summed E-state index contributed by atoms with van der Waals surface area (Å²) in [6.45, 7) is 0.446. The van der Waals surface area contributed by atoms with Crippen molar-refractivity contribution in [1.29, 1.82) is 5.26 Å². The van der Waals surface area contributed by atoms with E-state index in [4.69, 9.17) is 5.26 Å². The zero-order chi connectivity index (χ0) is 13.1. The fraction of sp³-hybridized carbons (Fsp3) is 0.308. The van der Waals surface area contributed by atoms with Crippen LogP contribution in [0.1, 0.15) is 17.5 Å². The molecule has 18 heavy (non-hydrogen) atoms. The van der Waals surface area contributed by atoms with E-state index >= 15 is 0 Å². The summed E-state index contributed by atoms with van der Waals surface area (Å²) in [5, 5.41) is 11.2. The fourth-order valence-electron chi connectivity index (χ4n) is 1.95. The lowest BCUT2D eigenvalue weighted by atomic mass is 10.1. The molecule has 2 amide bonds. The topological polar surface area (TPSA) is 73.2 Å². The molecular formula is C13H13N3O2. The third-order valence-corrected chi connectivity index (χ3v) is 2.87. The van der Waals surface area contributed by atoms with Gasteiger partial charge in [0.15, 0.2) is 0 Å². The highest BCUT2D eigenvalue weighted by Crippen LogP contribution is 2.24. The Morgan fingerprint density at radius 2 is 2.33 bits per heavy atom. The Labute approximate surface area is 105 Å². The van der Waals surface area contributed by atoms with Crippen LogP contribution in [0.2, 0.25) is 0 Å². The minimum absolute atomic E-state index is 0.00365. The number of rotatable bonds is 3. The van der Waals surface area contributed by atoms with Crippen molar-refractivity contribution >= 4 is 17.5 Å². The third kappa shape index (κ3) is 2.48. The number of carbonyl (C=O) groups is 2. The van der Waals surface area contributed by atoms with Crippen LogP contribution in [-0.4, -0.2) is 23.8 Å². The summed E-state index contributed by atoms with van der Waals surface area (Å²) in [6.07, 6.45) is 0.278. The van der Waals surface area contributed by atoms with Crippen LogP contribution >= 0.6 is 0 Å². The maximum atomic E-state index is 11.5. The normalized spacial score (nSPS) is 12.6. The molecule has 92 valence electrons. The molecule has 0 radical (unpaired) electrons. The van der Waals surface area contributed by atoms with Gasteiger partial charge in [0.25, 0.3) is 0 Å². The molecule has 0 atom stereocenters. The lowest BCUT2D eigenvalue weighted by Crippen LogP contribution is -2.25. The Kier molecular flexibility index (Phi) is 3.28. The number of nitrogens with zero attached hydrogens (tertiary/aromatic N) is 2. The highest BCUT2D eigenvalue weighted by Gasteiger charge is 2.18. The van der Waals surface area contributed by atoms with Crippen LogP contribution in [0, 0.1) is 11.3 Å². The van der Waals surface area contributed by atoms with E-state index in [0.717, 1.165) is 16.8 Å². The predicted molar refractivity (Wildman–Crippen MR) is 65.5 cm³/mol. The number of hydrogen-bond acceptors (Lipinski definition) is 3. The molecule has 0 saturated heterocycles. The van der Waals surface area contributed by atoms with Crippen molar-refractivity contribution in [1.82, 2.24) is 4.90 Å². The number of carbonyl (C=O) groups excluding carboxylic acids is 2. The molecule has 1 heterocycles. The van der Waals surface area contributed by atoms with Crippen LogP contribution in [0.5, 0.6) is 0 Å². The molecule has 0 spiro atoms. The SMILES string of the molecule is CN(Cc1ccc2c(c1)CC(=O)N2)C(=O)CC#N. The number of amides is 2. The van der Waals surface area contributed by atoms with Crippen molar-refractivity contribution in [3.05, 3.63) is 29.3 Å². The van der Waals surface area contributed by atoms with E-state index in [0.29, 0.717) is 13.0 Å².